The lowest BCUT2D eigenvalue weighted by molar-refractivity contribution is 0.101. The number of carbonyl (C=O) groups is 2. The molecule has 4 nitrogen and oxygen atoms in total. The van der Waals surface area contributed by atoms with Gasteiger partial charge in [0.25, 0.3) is 0 Å². The molecule has 0 saturated heterocycles. The molecular formula is C15H11NO3S. The Hall–Kier alpha value is -2.27. The van der Waals surface area contributed by atoms with Crippen molar-refractivity contribution in [3.63, 3.8) is 0 Å². The van der Waals surface area contributed by atoms with Gasteiger partial charge in [0.1, 0.15) is 0 Å². The monoisotopic (exact) mass is 285 g/mol. The first kappa shape index (κ1) is 12.7. The summed E-state index contributed by atoms with van der Waals surface area (Å²) < 4.78 is 0. The molecule has 20 heavy (non-hydrogen) atoms. The maximum absolute atomic E-state index is 11.5. The molecule has 1 amide bonds. The number of hydrogen-bond acceptors (Lipinski definition) is 3. The molecule has 1 heterocycles. The Kier molecular flexibility index (Phi) is 2.99. The number of fused-ring (bicyclic) bond motifs is 2. The lowest BCUT2D eigenvalue weighted by Gasteiger charge is -2.28. The minimum absolute atomic E-state index is 0.0332. The number of hydrogen-bond donors (Lipinski definition) is 1. The van der Waals surface area contributed by atoms with E-state index in [0.717, 1.165) is 9.79 Å². The molecule has 2 aromatic rings. The molecular weight excluding hydrogens is 274 g/mol. The van der Waals surface area contributed by atoms with Crippen LogP contribution >= 0.6 is 11.8 Å². The molecule has 5 heteroatoms. The highest BCUT2D eigenvalue weighted by atomic mass is 32.2. The van der Waals surface area contributed by atoms with E-state index < -0.39 is 6.09 Å². The second kappa shape index (κ2) is 4.68. The standard InChI is InChI=1S/C15H11NO3S/c1-9(17)10-6-7-12-14(8-10)20-13-5-3-2-4-11(13)16(12)15(18)19/h2-8H,1H3,(H,18,19). The summed E-state index contributed by atoms with van der Waals surface area (Å²) in [4.78, 5) is 25.9. The van der Waals surface area contributed by atoms with E-state index in [1.54, 1.807) is 24.3 Å². The van der Waals surface area contributed by atoms with Crippen LogP contribution in [0.3, 0.4) is 0 Å². The number of amides is 1. The number of ketones is 1. The third-order valence-electron chi connectivity index (χ3n) is 3.12. The van der Waals surface area contributed by atoms with Crippen LogP contribution in [0.4, 0.5) is 16.2 Å². The van der Waals surface area contributed by atoms with Gasteiger partial charge in [0.2, 0.25) is 0 Å². The highest BCUT2D eigenvalue weighted by molar-refractivity contribution is 7.99. The van der Waals surface area contributed by atoms with Crippen molar-refractivity contribution < 1.29 is 14.7 Å². The third-order valence-corrected chi connectivity index (χ3v) is 4.24. The van der Waals surface area contributed by atoms with Crippen LogP contribution < -0.4 is 4.90 Å². The van der Waals surface area contributed by atoms with Crippen molar-refractivity contribution in [2.24, 2.45) is 0 Å². The molecule has 0 spiro atoms. The number of rotatable bonds is 1. The van der Waals surface area contributed by atoms with E-state index >= 15 is 0 Å². The molecule has 0 saturated carbocycles. The third kappa shape index (κ3) is 1.96. The van der Waals surface area contributed by atoms with E-state index in [0.29, 0.717) is 16.9 Å². The van der Waals surface area contributed by atoms with Crippen LogP contribution in [0.1, 0.15) is 17.3 Å². The van der Waals surface area contributed by atoms with E-state index in [9.17, 15) is 14.7 Å². The predicted octanol–water partition coefficient (Wildman–Crippen LogP) is 4.17. The molecule has 2 aromatic carbocycles. The lowest BCUT2D eigenvalue weighted by atomic mass is 10.1. The zero-order valence-electron chi connectivity index (χ0n) is 10.7. The first-order valence-electron chi connectivity index (χ1n) is 6.03. The Morgan fingerprint density at radius 2 is 1.75 bits per heavy atom. The summed E-state index contributed by atoms with van der Waals surface area (Å²) in [6.45, 7) is 1.50. The maximum atomic E-state index is 11.5. The maximum Gasteiger partial charge on any atom is 0.416 e. The van der Waals surface area contributed by atoms with Gasteiger partial charge in [-0.3, -0.25) is 4.79 Å². The summed E-state index contributed by atoms with van der Waals surface area (Å²) in [6, 6.07) is 12.4. The molecule has 0 atom stereocenters. The van der Waals surface area contributed by atoms with Gasteiger partial charge in [0, 0.05) is 15.4 Å². The summed E-state index contributed by atoms with van der Waals surface area (Å²) >= 11 is 1.48. The minimum atomic E-state index is -1.03. The summed E-state index contributed by atoms with van der Waals surface area (Å²) in [5.41, 5.74) is 1.82. The number of benzene rings is 2. The quantitative estimate of drug-likeness (QED) is 0.799. The summed E-state index contributed by atoms with van der Waals surface area (Å²) in [5, 5.41) is 9.46. The average Bonchev–Trinajstić information content (AvgIpc) is 2.43. The molecule has 0 radical (unpaired) electrons. The number of Topliss-reactive ketones (excluding diaryl/α,β-unsaturated/α-hetero) is 1. The van der Waals surface area contributed by atoms with Gasteiger partial charge in [-0.15, -0.1) is 0 Å². The Balaban J connectivity index is 2.20. The minimum Gasteiger partial charge on any atom is -0.464 e. The number of carbonyl (C=O) groups excluding carboxylic acids is 1. The first-order chi connectivity index (χ1) is 9.58. The van der Waals surface area contributed by atoms with Gasteiger partial charge in [-0.1, -0.05) is 23.9 Å². The molecule has 3 rings (SSSR count). The van der Waals surface area contributed by atoms with Crippen molar-refractivity contribution in [3.8, 4) is 0 Å². The summed E-state index contributed by atoms with van der Waals surface area (Å²) in [5.74, 6) is -0.0332. The van der Waals surface area contributed by atoms with E-state index in [1.807, 2.05) is 18.2 Å². The van der Waals surface area contributed by atoms with Gasteiger partial charge in [-0.05, 0) is 37.3 Å². The van der Waals surface area contributed by atoms with E-state index in [1.165, 1.54) is 23.6 Å². The summed E-state index contributed by atoms with van der Waals surface area (Å²) in [7, 11) is 0. The number of carboxylic acid groups (broad SMARTS) is 1. The molecule has 1 N–H and O–H groups in total. The first-order valence-corrected chi connectivity index (χ1v) is 6.84. The number of nitrogens with zero attached hydrogens (tertiary/aromatic N) is 1. The van der Waals surface area contributed by atoms with Crippen molar-refractivity contribution in [2.45, 2.75) is 16.7 Å². The largest absolute Gasteiger partial charge is 0.464 e. The van der Waals surface area contributed by atoms with Crippen LogP contribution in [0.2, 0.25) is 0 Å². The van der Waals surface area contributed by atoms with Gasteiger partial charge in [0.15, 0.2) is 5.78 Å². The molecule has 100 valence electrons. The fourth-order valence-corrected chi connectivity index (χ4v) is 3.28. The Morgan fingerprint density at radius 3 is 2.45 bits per heavy atom. The fraction of sp³-hybridized carbons (Fsp3) is 0.0667. The summed E-state index contributed by atoms with van der Waals surface area (Å²) in [6.07, 6.45) is -1.03. The highest BCUT2D eigenvalue weighted by Gasteiger charge is 2.28. The van der Waals surface area contributed by atoms with Gasteiger partial charge >= 0.3 is 6.09 Å². The van der Waals surface area contributed by atoms with Crippen molar-refractivity contribution >= 4 is 35.0 Å². The molecule has 1 aliphatic rings. The molecule has 0 unspecified atom stereocenters. The van der Waals surface area contributed by atoms with Crippen LogP contribution in [0.25, 0.3) is 0 Å². The van der Waals surface area contributed by atoms with Crippen molar-refractivity contribution in [2.75, 3.05) is 4.90 Å². The van der Waals surface area contributed by atoms with Crippen molar-refractivity contribution in [1.82, 2.24) is 0 Å². The fourth-order valence-electron chi connectivity index (χ4n) is 2.18. The Morgan fingerprint density at radius 1 is 1.05 bits per heavy atom. The molecule has 0 bridgehead atoms. The molecule has 0 aliphatic carbocycles. The van der Waals surface area contributed by atoms with Gasteiger partial charge in [-0.25, -0.2) is 9.69 Å². The number of para-hydroxylation sites is 1. The van der Waals surface area contributed by atoms with Gasteiger partial charge < -0.3 is 5.11 Å². The lowest BCUT2D eigenvalue weighted by Crippen LogP contribution is -2.26. The van der Waals surface area contributed by atoms with E-state index in [2.05, 4.69) is 0 Å². The Bertz CT molecular complexity index is 727. The van der Waals surface area contributed by atoms with Gasteiger partial charge in [-0.2, -0.15) is 0 Å². The zero-order valence-corrected chi connectivity index (χ0v) is 11.5. The topological polar surface area (TPSA) is 57.6 Å². The second-order valence-electron chi connectivity index (χ2n) is 4.43. The van der Waals surface area contributed by atoms with Crippen molar-refractivity contribution in [3.05, 3.63) is 48.0 Å². The van der Waals surface area contributed by atoms with Crippen LogP contribution in [-0.4, -0.2) is 17.0 Å². The van der Waals surface area contributed by atoms with Crippen LogP contribution in [0, 0.1) is 0 Å². The van der Waals surface area contributed by atoms with Gasteiger partial charge in [0.05, 0.1) is 11.4 Å². The molecule has 1 aliphatic heterocycles. The predicted molar refractivity (Wildman–Crippen MR) is 77.2 cm³/mol. The normalized spacial score (nSPS) is 12.6. The average molecular weight is 285 g/mol. The molecule has 0 aromatic heterocycles. The zero-order chi connectivity index (χ0) is 14.3. The van der Waals surface area contributed by atoms with Crippen molar-refractivity contribution in [1.29, 1.82) is 0 Å². The van der Waals surface area contributed by atoms with Crippen LogP contribution in [0.5, 0.6) is 0 Å². The SMILES string of the molecule is CC(=O)c1ccc2c(c1)Sc1ccccc1N2C(=O)O. The second-order valence-corrected chi connectivity index (χ2v) is 5.51. The van der Waals surface area contributed by atoms with E-state index in [4.69, 9.17) is 0 Å². The number of anilines is 2. The smallest absolute Gasteiger partial charge is 0.416 e. The molecule has 0 fully saturated rings. The van der Waals surface area contributed by atoms with Crippen LogP contribution in [-0.2, 0) is 0 Å². The highest BCUT2D eigenvalue weighted by Crippen LogP contribution is 2.48. The van der Waals surface area contributed by atoms with Crippen LogP contribution in [0.15, 0.2) is 52.3 Å². The Labute approximate surface area is 120 Å². The van der Waals surface area contributed by atoms with E-state index in [-0.39, 0.29) is 5.78 Å².